The van der Waals surface area contributed by atoms with Gasteiger partial charge in [0.15, 0.2) is 0 Å². The van der Waals surface area contributed by atoms with Crippen molar-refractivity contribution in [3.8, 4) is 0 Å². The van der Waals surface area contributed by atoms with E-state index in [1.54, 1.807) is 0 Å². The van der Waals surface area contributed by atoms with Crippen molar-refractivity contribution in [1.29, 1.82) is 0 Å². The minimum Gasteiger partial charge on any atom is -0.354 e. The van der Waals surface area contributed by atoms with E-state index in [4.69, 9.17) is 0 Å². The third-order valence-corrected chi connectivity index (χ3v) is 3.80. The van der Waals surface area contributed by atoms with Crippen molar-refractivity contribution in [1.82, 2.24) is 14.9 Å². The molecule has 1 saturated heterocycles. The van der Waals surface area contributed by atoms with Crippen LogP contribution in [0.2, 0.25) is 0 Å². The van der Waals surface area contributed by atoms with Gasteiger partial charge in [-0.2, -0.15) is 4.98 Å². The third kappa shape index (κ3) is 4.07. The van der Waals surface area contributed by atoms with Crippen molar-refractivity contribution in [2.75, 3.05) is 49.5 Å². The van der Waals surface area contributed by atoms with E-state index in [0.717, 1.165) is 63.1 Å². The van der Waals surface area contributed by atoms with Crippen molar-refractivity contribution in [2.24, 2.45) is 0 Å². The Morgan fingerprint density at radius 3 is 2.55 bits per heavy atom. The van der Waals surface area contributed by atoms with Crippen LogP contribution < -0.4 is 10.2 Å². The highest BCUT2D eigenvalue weighted by atomic mass is 15.3. The first-order valence-electron chi connectivity index (χ1n) is 7.79. The molecule has 0 bridgehead atoms. The van der Waals surface area contributed by atoms with Crippen LogP contribution in [0.3, 0.4) is 0 Å². The monoisotopic (exact) mass is 277 g/mol. The van der Waals surface area contributed by atoms with Crippen LogP contribution in [0.5, 0.6) is 0 Å². The molecule has 5 heteroatoms. The molecule has 1 N–H and O–H groups in total. The van der Waals surface area contributed by atoms with Crippen LogP contribution in [0.15, 0.2) is 6.07 Å². The average molecular weight is 277 g/mol. The molecule has 0 saturated carbocycles. The van der Waals surface area contributed by atoms with Gasteiger partial charge in [-0.3, -0.25) is 0 Å². The van der Waals surface area contributed by atoms with E-state index in [2.05, 4.69) is 45.0 Å². The van der Waals surface area contributed by atoms with Gasteiger partial charge in [0.2, 0.25) is 5.95 Å². The molecule has 0 spiro atoms. The first kappa shape index (κ1) is 15.0. The minimum atomic E-state index is 0.770. The number of hydrogen-bond acceptors (Lipinski definition) is 5. The minimum absolute atomic E-state index is 0.770. The van der Waals surface area contributed by atoms with Crippen molar-refractivity contribution in [2.45, 2.75) is 33.6 Å². The molecule has 2 heterocycles. The number of nitrogens with one attached hydrogen (secondary N) is 1. The van der Waals surface area contributed by atoms with Crippen LogP contribution in [0.4, 0.5) is 11.8 Å². The van der Waals surface area contributed by atoms with Crippen LogP contribution in [-0.4, -0.2) is 54.1 Å². The molecule has 0 unspecified atom stereocenters. The molecule has 0 atom stereocenters. The smallest absolute Gasteiger partial charge is 0.224 e. The highest BCUT2D eigenvalue weighted by molar-refractivity contribution is 5.45. The van der Waals surface area contributed by atoms with Crippen LogP contribution in [0.1, 0.15) is 32.4 Å². The quantitative estimate of drug-likeness (QED) is 0.807. The molecule has 0 radical (unpaired) electrons. The molecule has 0 amide bonds. The summed E-state index contributed by atoms with van der Waals surface area (Å²) < 4.78 is 0. The SMILES string of the molecule is CCCCNc1nc(C)cc(N2CCN(CC)CC2)n1. The molecule has 2 rings (SSSR count). The van der Waals surface area contributed by atoms with E-state index >= 15 is 0 Å². The molecule has 1 aromatic rings. The van der Waals surface area contributed by atoms with Crippen molar-refractivity contribution >= 4 is 11.8 Å². The molecule has 112 valence electrons. The Kier molecular flexibility index (Phi) is 5.59. The Morgan fingerprint density at radius 1 is 1.15 bits per heavy atom. The summed E-state index contributed by atoms with van der Waals surface area (Å²) in [5.41, 5.74) is 1.03. The largest absolute Gasteiger partial charge is 0.354 e. The standard InChI is InChI=1S/C15H27N5/c1-4-6-7-16-15-17-13(3)12-14(18-15)20-10-8-19(5-2)9-11-20/h12H,4-11H2,1-3H3,(H,16,17,18). The molecule has 0 aliphatic carbocycles. The van der Waals surface area contributed by atoms with Gasteiger partial charge >= 0.3 is 0 Å². The van der Waals surface area contributed by atoms with Gasteiger partial charge in [0.25, 0.3) is 0 Å². The summed E-state index contributed by atoms with van der Waals surface area (Å²) in [4.78, 5) is 14.0. The fourth-order valence-electron chi connectivity index (χ4n) is 2.46. The molecule has 1 aliphatic rings. The van der Waals surface area contributed by atoms with Gasteiger partial charge in [-0.1, -0.05) is 20.3 Å². The molecule has 1 fully saturated rings. The van der Waals surface area contributed by atoms with Gasteiger partial charge in [0, 0.05) is 44.5 Å². The number of nitrogens with zero attached hydrogens (tertiary/aromatic N) is 4. The highest BCUT2D eigenvalue weighted by Gasteiger charge is 2.17. The Labute approximate surface area is 122 Å². The summed E-state index contributed by atoms with van der Waals surface area (Å²) in [7, 11) is 0. The lowest BCUT2D eigenvalue weighted by Crippen LogP contribution is -2.46. The predicted molar refractivity (Wildman–Crippen MR) is 84.5 cm³/mol. The number of anilines is 2. The van der Waals surface area contributed by atoms with Gasteiger partial charge in [0.05, 0.1) is 0 Å². The molecule has 20 heavy (non-hydrogen) atoms. The zero-order valence-corrected chi connectivity index (χ0v) is 13.0. The lowest BCUT2D eigenvalue weighted by molar-refractivity contribution is 0.270. The number of likely N-dealkylation sites (N-methyl/N-ethyl adjacent to an activating group) is 1. The predicted octanol–water partition coefficient (Wildman–Crippen LogP) is 2.14. The van der Waals surface area contributed by atoms with Gasteiger partial charge in [-0.25, -0.2) is 4.98 Å². The number of rotatable bonds is 6. The zero-order chi connectivity index (χ0) is 14.4. The molecular formula is C15H27N5. The van der Waals surface area contributed by atoms with E-state index in [0.29, 0.717) is 0 Å². The number of unbranched alkanes of at least 4 members (excludes halogenated alkanes) is 1. The molecule has 1 aromatic heterocycles. The number of piperazine rings is 1. The van der Waals surface area contributed by atoms with E-state index < -0.39 is 0 Å². The van der Waals surface area contributed by atoms with Crippen LogP contribution in [0.25, 0.3) is 0 Å². The number of aromatic nitrogens is 2. The Hall–Kier alpha value is -1.36. The lowest BCUT2D eigenvalue weighted by Gasteiger charge is -2.34. The maximum atomic E-state index is 4.67. The van der Waals surface area contributed by atoms with Gasteiger partial charge < -0.3 is 15.1 Å². The van der Waals surface area contributed by atoms with Gasteiger partial charge in [0.1, 0.15) is 5.82 Å². The summed E-state index contributed by atoms with van der Waals surface area (Å²) in [6.45, 7) is 12.9. The Morgan fingerprint density at radius 2 is 1.90 bits per heavy atom. The van der Waals surface area contributed by atoms with Crippen molar-refractivity contribution < 1.29 is 0 Å². The van der Waals surface area contributed by atoms with Crippen LogP contribution in [0, 0.1) is 6.92 Å². The van der Waals surface area contributed by atoms with E-state index in [9.17, 15) is 0 Å². The Balaban J connectivity index is 2.00. The first-order chi connectivity index (χ1) is 9.72. The van der Waals surface area contributed by atoms with E-state index in [1.807, 2.05) is 6.92 Å². The molecule has 0 aromatic carbocycles. The zero-order valence-electron chi connectivity index (χ0n) is 13.0. The summed E-state index contributed by atoms with van der Waals surface area (Å²) >= 11 is 0. The summed E-state index contributed by atoms with van der Waals surface area (Å²) in [5.74, 6) is 1.83. The fourth-order valence-corrected chi connectivity index (χ4v) is 2.46. The Bertz CT molecular complexity index is 413. The average Bonchev–Trinajstić information content (AvgIpc) is 2.47. The summed E-state index contributed by atoms with van der Waals surface area (Å²) in [6.07, 6.45) is 2.34. The second-order valence-electron chi connectivity index (χ2n) is 5.39. The normalized spacial score (nSPS) is 16.4. The molecule has 1 aliphatic heterocycles. The summed E-state index contributed by atoms with van der Waals surface area (Å²) in [6, 6.07) is 2.09. The van der Waals surface area contributed by atoms with Gasteiger partial charge in [-0.15, -0.1) is 0 Å². The second kappa shape index (κ2) is 7.43. The second-order valence-corrected chi connectivity index (χ2v) is 5.39. The van der Waals surface area contributed by atoms with Crippen LogP contribution >= 0.6 is 0 Å². The first-order valence-corrected chi connectivity index (χ1v) is 7.79. The lowest BCUT2D eigenvalue weighted by atomic mass is 10.3. The highest BCUT2D eigenvalue weighted by Crippen LogP contribution is 2.16. The van der Waals surface area contributed by atoms with Crippen molar-refractivity contribution in [3.05, 3.63) is 11.8 Å². The van der Waals surface area contributed by atoms with Crippen molar-refractivity contribution in [3.63, 3.8) is 0 Å². The molecule has 5 nitrogen and oxygen atoms in total. The third-order valence-electron chi connectivity index (χ3n) is 3.80. The van der Waals surface area contributed by atoms with E-state index in [1.165, 1.54) is 6.42 Å². The van der Waals surface area contributed by atoms with Crippen LogP contribution in [-0.2, 0) is 0 Å². The number of hydrogen-bond donors (Lipinski definition) is 1. The topological polar surface area (TPSA) is 44.3 Å². The summed E-state index contributed by atoms with van der Waals surface area (Å²) in [5, 5.41) is 3.33. The van der Waals surface area contributed by atoms with E-state index in [-0.39, 0.29) is 0 Å². The fraction of sp³-hybridized carbons (Fsp3) is 0.733. The maximum Gasteiger partial charge on any atom is 0.224 e. The maximum absolute atomic E-state index is 4.67. The van der Waals surface area contributed by atoms with Gasteiger partial charge in [-0.05, 0) is 19.9 Å². The number of aryl methyl sites for hydroxylation is 1. The molecular weight excluding hydrogens is 250 g/mol.